The molecule has 0 amide bonds. The molecule has 0 bridgehead atoms. The van der Waals surface area contributed by atoms with Crippen LogP contribution in [0.25, 0.3) is 0 Å². The quantitative estimate of drug-likeness (QED) is 0.916. The Balaban J connectivity index is 2.09. The predicted octanol–water partition coefficient (Wildman–Crippen LogP) is 3.87. The van der Waals surface area contributed by atoms with Gasteiger partial charge in [0.05, 0.1) is 12.3 Å². The number of nitrogens with two attached hydrogens (primary N) is 1. The van der Waals surface area contributed by atoms with Crippen LogP contribution in [0.15, 0.2) is 46.9 Å². The van der Waals surface area contributed by atoms with Gasteiger partial charge in [0.1, 0.15) is 5.75 Å². The highest BCUT2D eigenvalue weighted by Crippen LogP contribution is 2.38. The molecule has 110 valence electrons. The largest absolute Gasteiger partial charge is 0.491 e. The van der Waals surface area contributed by atoms with Crippen molar-refractivity contribution < 1.29 is 4.74 Å². The minimum absolute atomic E-state index is 0.653. The molecule has 0 saturated heterocycles. The first-order chi connectivity index (χ1) is 10.3. The molecule has 2 N–H and O–H groups in total. The number of para-hydroxylation sites is 2. The third-order valence-electron chi connectivity index (χ3n) is 3.69. The molecule has 2 aromatic carbocycles. The predicted molar refractivity (Wildman–Crippen MR) is 90.5 cm³/mol. The van der Waals surface area contributed by atoms with Crippen LogP contribution in [-0.4, -0.2) is 19.7 Å². The second-order valence-corrected chi connectivity index (χ2v) is 6.05. The number of nitrogens with zero attached hydrogens (tertiary/aromatic N) is 1. The number of benzene rings is 2. The van der Waals surface area contributed by atoms with Crippen LogP contribution in [0.1, 0.15) is 12.0 Å². The lowest BCUT2D eigenvalue weighted by Gasteiger charge is -2.26. The average molecular weight is 347 g/mol. The lowest BCUT2D eigenvalue weighted by Crippen LogP contribution is -2.20. The van der Waals surface area contributed by atoms with Gasteiger partial charge in [-0.1, -0.05) is 34.1 Å². The summed E-state index contributed by atoms with van der Waals surface area (Å²) in [6.07, 6.45) is 1.88. The summed E-state index contributed by atoms with van der Waals surface area (Å²) in [5.74, 6) is 0.952. The van der Waals surface area contributed by atoms with E-state index in [1.54, 1.807) is 0 Å². The van der Waals surface area contributed by atoms with Crippen molar-refractivity contribution in [3.63, 3.8) is 0 Å². The van der Waals surface area contributed by atoms with E-state index in [0.717, 1.165) is 41.9 Å². The smallest absolute Gasteiger partial charge is 0.142 e. The van der Waals surface area contributed by atoms with E-state index in [2.05, 4.69) is 51.2 Å². The van der Waals surface area contributed by atoms with Gasteiger partial charge in [-0.3, -0.25) is 0 Å². The van der Waals surface area contributed by atoms with E-state index in [4.69, 9.17) is 10.5 Å². The zero-order valence-electron chi connectivity index (χ0n) is 11.9. The summed E-state index contributed by atoms with van der Waals surface area (Å²) in [4.78, 5) is 2.35. The summed E-state index contributed by atoms with van der Waals surface area (Å²) in [5.41, 5.74) is 9.39. The van der Waals surface area contributed by atoms with Crippen molar-refractivity contribution in [2.24, 2.45) is 5.73 Å². The molecule has 2 aromatic rings. The fourth-order valence-corrected chi connectivity index (χ4v) is 3.08. The Morgan fingerprint density at radius 1 is 1.14 bits per heavy atom. The molecule has 0 aliphatic carbocycles. The van der Waals surface area contributed by atoms with Crippen molar-refractivity contribution in [3.05, 3.63) is 52.5 Å². The Kier molecular flexibility index (Phi) is 4.46. The maximum absolute atomic E-state index is 5.85. The third-order valence-corrected chi connectivity index (χ3v) is 4.18. The van der Waals surface area contributed by atoms with Crippen LogP contribution in [-0.2, 0) is 6.42 Å². The van der Waals surface area contributed by atoms with Gasteiger partial charge in [-0.25, -0.2) is 0 Å². The molecule has 0 fully saturated rings. The van der Waals surface area contributed by atoms with Crippen molar-refractivity contribution in [1.29, 1.82) is 0 Å². The summed E-state index contributed by atoms with van der Waals surface area (Å²) in [6, 6.07) is 14.6. The number of hydrogen-bond donors (Lipinski definition) is 1. The minimum Gasteiger partial charge on any atom is -0.491 e. The van der Waals surface area contributed by atoms with Gasteiger partial charge in [0, 0.05) is 16.7 Å². The summed E-state index contributed by atoms with van der Waals surface area (Å²) in [5, 5.41) is 0. The van der Waals surface area contributed by atoms with Crippen LogP contribution in [0.2, 0.25) is 0 Å². The summed E-state index contributed by atoms with van der Waals surface area (Å²) in [7, 11) is 0. The lowest BCUT2D eigenvalue weighted by atomic mass is 10.1. The molecule has 1 aliphatic rings. The van der Waals surface area contributed by atoms with Crippen molar-refractivity contribution in [2.75, 3.05) is 24.6 Å². The van der Waals surface area contributed by atoms with E-state index >= 15 is 0 Å². The molecular weight excluding hydrogens is 328 g/mol. The Labute approximate surface area is 133 Å². The molecule has 0 spiro atoms. The van der Waals surface area contributed by atoms with Gasteiger partial charge >= 0.3 is 0 Å². The third kappa shape index (κ3) is 3.06. The highest BCUT2D eigenvalue weighted by Gasteiger charge is 2.19. The Bertz CT molecular complexity index is 630. The number of hydrogen-bond acceptors (Lipinski definition) is 3. The first-order valence-electron chi connectivity index (χ1n) is 7.27. The van der Waals surface area contributed by atoms with Crippen LogP contribution in [0, 0.1) is 0 Å². The lowest BCUT2D eigenvalue weighted by molar-refractivity contribution is 0.322. The van der Waals surface area contributed by atoms with Crippen LogP contribution in [0.5, 0.6) is 5.75 Å². The highest BCUT2D eigenvalue weighted by molar-refractivity contribution is 9.10. The molecule has 0 atom stereocenters. The Morgan fingerprint density at radius 3 is 2.86 bits per heavy atom. The zero-order chi connectivity index (χ0) is 14.7. The van der Waals surface area contributed by atoms with Crippen LogP contribution >= 0.6 is 15.9 Å². The van der Waals surface area contributed by atoms with Gasteiger partial charge in [-0.15, -0.1) is 0 Å². The SMILES string of the molecule is NCCc1ccc(Br)cc1N1CCCOc2ccccc21. The van der Waals surface area contributed by atoms with Crippen LogP contribution in [0.3, 0.4) is 0 Å². The van der Waals surface area contributed by atoms with E-state index in [0.29, 0.717) is 6.54 Å². The second kappa shape index (κ2) is 6.50. The topological polar surface area (TPSA) is 38.5 Å². The van der Waals surface area contributed by atoms with Crippen molar-refractivity contribution in [2.45, 2.75) is 12.8 Å². The monoisotopic (exact) mass is 346 g/mol. The van der Waals surface area contributed by atoms with Gasteiger partial charge in [0.15, 0.2) is 0 Å². The van der Waals surface area contributed by atoms with Gasteiger partial charge in [-0.05, 0) is 49.2 Å². The maximum atomic E-state index is 5.85. The number of ether oxygens (including phenoxy) is 1. The number of halogens is 1. The summed E-state index contributed by atoms with van der Waals surface area (Å²) in [6.45, 7) is 2.36. The minimum atomic E-state index is 0.653. The zero-order valence-corrected chi connectivity index (χ0v) is 13.5. The molecule has 21 heavy (non-hydrogen) atoms. The van der Waals surface area contributed by atoms with E-state index in [9.17, 15) is 0 Å². The van der Waals surface area contributed by atoms with Crippen molar-refractivity contribution in [3.8, 4) is 5.75 Å². The average Bonchev–Trinajstić information content (AvgIpc) is 2.72. The van der Waals surface area contributed by atoms with Gasteiger partial charge in [0.2, 0.25) is 0 Å². The molecule has 0 aromatic heterocycles. The highest BCUT2D eigenvalue weighted by atomic mass is 79.9. The molecule has 3 rings (SSSR count). The molecule has 1 heterocycles. The summed E-state index contributed by atoms with van der Waals surface area (Å²) >= 11 is 3.58. The molecule has 4 heteroatoms. The Hall–Kier alpha value is -1.52. The molecule has 0 radical (unpaired) electrons. The van der Waals surface area contributed by atoms with Crippen LogP contribution < -0.4 is 15.4 Å². The van der Waals surface area contributed by atoms with E-state index < -0.39 is 0 Å². The molecule has 3 nitrogen and oxygen atoms in total. The summed E-state index contributed by atoms with van der Waals surface area (Å²) < 4.78 is 6.94. The van der Waals surface area contributed by atoms with Crippen LogP contribution in [0.4, 0.5) is 11.4 Å². The van der Waals surface area contributed by atoms with E-state index in [1.807, 2.05) is 12.1 Å². The number of fused-ring (bicyclic) bond motifs is 1. The molecule has 0 saturated carbocycles. The van der Waals surface area contributed by atoms with Crippen molar-refractivity contribution >= 4 is 27.3 Å². The number of anilines is 2. The maximum Gasteiger partial charge on any atom is 0.142 e. The van der Waals surface area contributed by atoms with E-state index in [1.165, 1.54) is 11.3 Å². The second-order valence-electron chi connectivity index (χ2n) is 5.13. The Morgan fingerprint density at radius 2 is 2.00 bits per heavy atom. The molecule has 1 aliphatic heterocycles. The normalized spacial score (nSPS) is 14.3. The van der Waals surface area contributed by atoms with Gasteiger partial charge < -0.3 is 15.4 Å². The van der Waals surface area contributed by atoms with E-state index in [-0.39, 0.29) is 0 Å². The standard InChI is InChI=1S/C17H19BrN2O/c18-14-7-6-13(8-9-19)16(12-14)20-10-3-11-21-17-5-2-1-4-15(17)20/h1-2,4-7,12H,3,8-11,19H2. The first kappa shape index (κ1) is 14.4. The van der Waals surface area contributed by atoms with Gasteiger partial charge in [-0.2, -0.15) is 0 Å². The van der Waals surface area contributed by atoms with Crippen molar-refractivity contribution in [1.82, 2.24) is 0 Å². The first-order valence-corrected chi connectivity index (χ1v) is 8.07. The fourth-order valence-electron chi connectivity index (χ4n) is 2.73. The molecular formula is C17H19BrN2O. The molecule has 0 unspecified atom stereocenters. The number of rotatable bonds is 3. The fraction of sp³-hybridized carbons (Fsp3) is 0.294. The van der Waals surface area contributed by atoms with Gasteiger partial charge in [0.25, 0.3) is 0 Å².